The molecule has 3 fully saturated rings. The van der Waals surface area contributed by atoms with Gasteiger partial charge < -0.3 is 38.6 Å². The average Bonchev–Trinajstić information content (AvgIpc) is 3.63. The predicted octanol–water partition coefficient (Wildman–Crippen LogP) is 1.29. The number of hydrogen-bond acceptors (Lipinski definition) is 13. The summed E-state index contributed by atoms with van der Waals surface area (Å²) in [6, 6.07) is 0. The third kappa shape index (κ3) is 5.12. The van der Waals surface area contributed by atoms with Crippen LogP contribution in [0.1, 0.15) is 75.2 Å². The highest BCUT2D eigenvalue weighted by Gasteiger charge is 2.80. The minimum Gasteiger partial charge on any atom is -0.462 e. The molecular weight excluding hydrogens is 568 g/mol. The maximum Gasteiger partial charge on any atom is 0.303 e. The highest BCUT2D eigenvalue weighted by atomic mass is 16.6. The summed E-state index contributed by atoms with van der Waals surface area (Å²) in [5, 5.41) is 24.2. The largest absolute Gasteiger partial charge is 0.462 e. The van der Waals surface area contributed by atoms with Crippen LogP contribution in [0.5, 0.6) is 0 Å². The van der Waals surface area contributed by atoms with E-state index in [0.29, 0.717) is 5.57 Å². The van der Waals surface area contributed by atoms with E-state index in [1.165, 1.54) is 27.7 Å². The number of carbonyl (C=O) groups excluding carboxylic acids is 5. The number of fused-ring (bicyclic) bond motifs is 4. The number of ether oxygens (including phenoxy) is 6. The minimum absolute atomic E-state index is 0.0123. The topological polar surface area (TPSA) is 184 Å². The maximum atomic E-state index is 12.8. The van der Waals surface area contributed by atoms with Crippen molar-refractivity contribution in [3.05, 3.63) is 11.1 Å². The van der Waals surface area contributed by atoms with Gasteiger partial charge in [0.05, 0.1) is 18.1 Å². The standard InChI is InChI=1S/C30H42O13/c1-13-19(36)11-30(37)26(43-18(6)35)24-28(9,20(39-14(2)31)10-21(40-15(3)32)29(24)12-38-29)25(42-17(5)34)23(41-16(4)33)22(13)27(30,7)8/h19-21,23-26,36-37H,10-12H2,1-9H3/t19-,20-,21-,23+,24-,25-,26-,28+,29+,30+/m0/s1. The fourth-order valence-electron chi connectivity index (χ4n) is 8.11. The van der Waals surface area contributed by atoms with Gasteiger partial charge in [-0.3, -0.25) is 24.0 Å². The smallest absolute Gasteiger partial charge is 0.303 e. The molecule has 2 bridgehead atoms. The molecule has 0 aromatic carbocycles. The molecule has 0 aromatic heterocycles. The first kappa shape index (κ1) is 32.9. The van der Waals surface area contributed by atoms with Gasteiger partial charge in [0.2, 0.25) is 0 Å². The fraction of sp³-hybridized carbons (Fsp3) is 0.767. The van der Waals surface area contributed by atoms with E-state index in [0.717, 1.165) is 6.92 Å². The summed E-state index contributed by atoms with van der Waals surface area (Å²) < 4.78 is 35.6. The Labute approximate surface area is 250 Å². The van der Waals surface area contributed by atoms with Crippen LogP contribution in [0.25, 0.3) is 0 Å². The molecule has 0 amide bonds. The van der Waals surface area contributed by atoms with Gasteiger partial charge in [0.1, 0.15) is 29.5 Å². The first-order chi connectivity index (χ1) is 19.7. The van der Waals surface area contributed by atoms with E-state index in [2.05, 4.69) is 0 Å². The Morgan fingerprint density at radius 1 is 0.767 bits per heavy atom. The Balaban J connectivity index is 2.18. The van der Waals surface area contributed by atoms with Crippen LogP contribution >= 0.6 is 0 Å². The third-order valence-electron chi connectivity index (χ3n) is 9.97. The summed E-state index contributed by atoms with van der Waals surface area (Å²) in [5.41, 5.74) is -5.78. The van der Waals surface area contributed by atoms with Gasteiger partial charge in [-0.25, -0.2) is 0 Å². The van der Waals surface area contributed by atoms with Crippen molar-refractivity contribution in [1.29, 1.82) is 0 Å². The van der Waals surface area contributed by atoms with Crippen molar-refractivity contribution in [2.24, 2.45) is 16.7 Å². The lowest BCUT2D eigenvalue weighted by atomic mass is 9.45. The molecule has 13 nitrogen and oxygen atoms in total. The van der Waals surface area contributed by atoms with Crippen LogP contribution in [0.3, 0.4) is 0 Å². The Bertz CT molecular complexity index is 1250. The number of carbonyl (C=O) groups is 5. The van der Waals surface area contributed by atoms with Crippen molar-refractivity contribution in [2.45, 2.75) is 123 Å². The van der Waals surface area contributed by atoms with Crippen LogP contribution < -0.4 is 0 Å². The average molecular weight is 611 g/mol. The predicted molar refractivity (Wildman–Crippen MR) is 145 cm³/mol. The van der Waals surface area contributed by atoms with Gasteiger partial charge in [-0.2, -0.15) is 0 Å². The molecular formula is C30H42O13. The molecule has 2 saturated carbocycles. The normalized spacial score (nSPS) is 41.1. The van der Waals surface area contributed by atoms with Gasteiger partial charge in [-0.1, -0.05) is 20.8 Å². The van der Waals surface area contributed by atoms with E-state index >= 15 is 0 Å². The molecule has 240 valence electrons. The first-order valence-corrected chi connectivity index (χ1v) is 14.4. The van der Waals surface area contributed by atoms with Crippen molar-refractivity contribution < 1.29 is 62.6 Å². The van der Waals surface area contributed by atoms with Crippen LogP contribution in [-0.4, -0.2) is 94.5 Å². The molecule has 43 heavy (non-hydrogen) atoms. The van der Waals surface area contributed by atoms with Crippen LogP contribution in [0.4, 0.5) is 0 Å². The lowest BCUT2D eigenvalue weighted by Gasteiger charge is -2.64. The fourth-order valence-corrected chi connectivity index (χ4v) is 8.11. The molecule has 13 heteroatoms. The van der Waals surface area contributed by atoms with Crippen molar-refractivity contribution in [2.75, 3.05) is 6.61 Å². The summed E-state index contributed by atoms with van der Waals surface area (Å²) in [6.45, 7) is 12.5. The molecule has 0 aromatic rings. The number of hydrogen-bond donors (Lipinski definition) is 2. The number of esters is 5. The molecule has 2 N–H and O–H groups in total. The molecule has 10 atom stereocenters. The molecule has 1 heterocycles. The zero-order chi connectivity index (χ0) is 32.4. The number of epoxide rings is 1. The Hall–Kier alpha value is -3.03. The second-order valence-electron chi connectivity index (χ2n) is 13.0. The zero-order valence-corrected chi connectivity index (χ0v) is 26.0. The van der Waals surface area contributed by atoms with E-state index in [1.807, 2.05) is 0 Å². The zero-order valence-electron chi connectivity index (χ0n) is 26.0. The van der Waals surface area contributed by atoms with Gasteiger partial charge >= 0.3 is 29.8 Å². The second kappa shape index (κ2) is 10.8. The highest BCUT2D eigenvalue weighted by molar-refractivity contribution is 5.70. The first-order valence-electron chi connectivity index (χ1n) is 14.4. The Morgan fingerprint density at radius 2 is 1.23 bits per heavy atom. The molecule has 4 rings (SSSR count). The van der Waals surface area contributed by atoms with E-state index < -0.39 is 94.4 Å². The molecule has 1 aliphatic heterocycles. The summed E-state index contributed by atoms with van der Waals surface area (Å²) >= 11 is 0. The molecule has 0 unspecified atom stereocenters. The van der Waals surface area contributed by atoms with Crippen molar-refractivity contribution in [1.82, 2.24) is 0 Å². The van der Waals surface area contributed by atoms with Gasteiger partial charge in [0, 0.05) is 58.8 Å². The highest BCUT2D eigenvalue weighted by Crippen LogP contribution is 2.66. The van der Waals surface area contributed by atoms with Crippen LogP contribution in [0, 0.1) is 16.7 Å². The van der Waals surface area contributed by atoms with Gasteiger partial charge in [-0.05, 0) is 18.1 Å². The van der Waals surface area contributed by atoms with E-state index in [1.54, 1.807) is 27.7 Å². The van der Waals surface area contributed by atoms with Crippen molar-refractivity contribution >= 4 is 29.8 Å². The lowest BCUT2D eigenvalue weighted by Crippen LogP contribution is -2.76. The van der Waals surface area contributed by atoms with Gasteiger partial charge in [0.15, 0.2) is 12.2 Å². The van der Waals surface area contributed by atoms with Gasteiger partial charge in [-0.15, -0.1) is 0 Å². The van der Waals surface area contributed by atoms with Crippen molar-refractivity contribution in [3.8, 4) is 0 Å². The summed E-state index contributed by atoms with van der Waals surface area (Å²) in [5.74, 6) is -4.82. The monoisotopic (exact) mass is 610 g/mol. The van der Waals surface area contributed by atoms with Crippen LogP contribution in [0.15, 0.2) is 11.1 Å². The van der Waals surface area contributed by atoms with E-state index in [-0.39, 0.29) is 25.0 Å². The molecule has 3 aliphatic carbocycles. The molecule has 1 saturated heterocycles. The summed E-state index contributed by atoms with van der Waals surface area (Å²) in [7, 11) is 0. The second-order valence-corrected chi connectivity index (χ2v) is 13.0. The van der Waals surface area contributed by atoms with E-state index in [4.69, 9.17) is 28.4 Å². The van der Waals surface area contributed by atoms with Crippen LogP contribution in [-0.2, 0) is 52.4 Å². The Kier molecular flexibility index (Phi) is 8.29. The minimum atomic E-state index is -2.05. The number of aliphatic hydroxyl groups excluding tert-OH is 1. The summed E-state index contributed by atoms with van der Waals surface area (Å²) in [6.07, 6.45) is -8.19. The number of rotatable bonds is 5. The third-order valence-corrected chi connectivity index (χ3v) is 9.97. The SMILES string of the molecule is CC(=O)O[C@@H]1C2=C(C)[C@@H](O)C[C@@](O)([C@@H](OC(C)=O)[C@@H]3[C@@]4(CO4)[C@@H](OC(C)=O)C[C@H](OC(C)=O)[C@@]3(C)[C@H]1OC(C)=O)C2(C)C. The summed E-state index contributed by atoms with van der Waals surface area (Å²) in [4.78, 5) is 63.1. The molecule has 1 spiro atoms. The van der Waals surface area contributed by atoms with Crippen LogP contribution in [0.2, 0.25) is 0 Å². The van der Waals surface area contributed by atoms with Gasteiger partial charge in [0.25, 0.3) is 0 Å². The lowest BCUT2D eigenvalue weighted by molar-refractivity contribution is -0.284. The van der Waals surface area contributed by atoms with Crippen molar-refractivity contribution in [3.63, 3.8) is 0 Å². The quantitative estimate of drug-likeness (QED) is 0.197. The maximum absolute atomic E-state index is 12.8. The number of aliphatic hydroxyl groups is 2. The molecule has 4 aliphatic rings. The van der Waals surface area contributed by atoms with E-state index in [9.17, 15) is 34.2 Å². The Morgan fingerprint density at radius 3 is 1.70 bits per heavy atom. The molecule has 0 radical (unpaired) electrons.